The van der Waals surface area contributed by atoms with Gasteiger partial charge in [0.1, 0.15) is 5.82 Å². The number of rotatable bonds is 3. The molecule has 0 amide bonds. The molecule has 1 aromatic rings. The predicted molar refractivity (Wildman–Crippen MR) is 49.2 cm³/mol. The summed E-state index contributed by atoms with van der Waals surface area (Å²) in [6, 6.07) is 3.46. The smallest absolute Gasteiger partial charge is 0.306 e. The fourth-order valence-corrected chi connectivity index (χ4v) is 0.998. The molecule has 0 aliphatic heterocycles. The van der Waals surface area contributed by atoms with Crippen LogP contribution < -0.4 is 5.73 Å². The summed E-state index contributed by atoms with van der Waals surface area (Å²) in [7, 11) is 0. The molecule has 0 radical (unpaired) electrons. The molecule has 1 heterocycles. The van der Waals surface area contributed by atoms with Gasteiger partial charge in [-0.2, -0.15) is 0 Å². The molecular formula is C9H12N2O2. The van der Waals surface area contributed by atoms with Crippen molar-refractivity contribution in [1.29, 1.82) is 0 Å². The van der Waals surface area contributed by atoms with Gasteiger partial charge in [-0.05, 0) is 18.1 Å². The highest BCUT2D eigenvalue weighted by Crippen LogP contribution is 2.08. The van der Waals surface area contributed by atoms with Crippen molar-refractivity contribution in [3.05, 3.63) is 23.9 Å². The maximum absolute atomic E-state index is 10.5. The lowest BCUT2D eigenvalue weighted by atomic mass is 10.0. The van der Waals surface area contributed by atoms with Crippen LogP contribution in [0.4, 0.5) is 5.82 Å². The first-order chi connectivity index (χ1) is 6.09. The van der Waals surface area contributed by atoms with Crippen LogP contribution >= 0.6 is 0 Å². The highest BCUT2D eigenvalue weighted by molar-refractivity contribution is 5.69. The second-order valence-corrected chi connectivity index (χ2v) is 3.03. The summed E-state index contributed by atoms with van der Waals surface area (Å²) in [5, 5.41) is 8.65. The van der Waals surface area contributed by atoms with Gasteiger partial charge in [0, 0.05) is 6.20 Å². The van der Waals surface area contributed by atoms with E-state index in [1.807, 2.05) is 0 Å². The molecule has 0 fully saturated rings. The molecule has 4 nitrogen and oxygen atoms in total. The second-order valence-electron chi connectivity index (χ2n) is 3.03. The van der Waals surface area contributed by atoms with E-state index >= 15 is 0 Å². The maximum Gasteiger partial charge on any atom is 0.306 e. The van der Waals surface area contributed by atoms with Crippen LogP contribution in [-0.4, -0.2) is 16.1 Å². The number of carbonyl (C=O) groups is 1. The molecule has 70 valence electrons. The number of anilines is 1. The Labute approximate surface area is 76.4 Å². The second kappa shape index (κ2) is 3.89. The van der Waals surface area contributed by atoms with E-state index in [1.54, 1.807) is 25.3 Å². The number of hydrogen-bond donors (Lipinski definition) is 2. The molecule has 0 saturated heterocycles. The number of pyridine rings is 1. The topological polar surface area (TPSA) is 76.2 Å². The fourth-order valence-electron chi connectivity index (χ4n) is 0.998. The zero-order valence-corrected chi connectivity index (χ0v) is 7.40. The summed E-state index contributed by atoms with van der Waals surface area (Å²) in [6.45, 7) is 1.67. The third-order valence-electron chi connectivity index (χ3n) is 1.81. The monoisotopic (exact) mass is 180 g/mol. The van der Waals surface area contributed by atoms with E-state index in [-0.39, 0.29) is 5.92 Å². The molecule has 0 spiro atoms. The Hall–Kier alpha value is -1.58. The Morgan fingerprint density at radius 3 is 2.85 bits per heavy atom. The number of nitrogen functional groups attached to an aromatic ring is 1. The predicted octanol–water partition coefficient (Wildman–Crippen LogP) is 0.927. The van der Waals surface area contributed by atoms with E-state index in [4.69, 9.17) is 10.8 Å². The Bertz CT molecular complexity index is 295. The standard InChI is InChI=1S/C9H12N2O2/c1-6(9(12)13)4-7-2-3-8(10)11-5-7/h2-3,5-6H,4H2,1H3,(H2,10,11)(H,12,13). The molecule has 1 aromatic heterocycles. The quantitative estimate of drug-likeness (QED) is 0.725. The summed E-state index contributed by atoms with van der Waals surface area (Å²) < 4.78 is 0. The van der Waals surface area contributed by atoms with Gasteiger partial charge in [0.25, 0.3) is 0 Å². The highest BCUT2D eigenvalue weighted by Gasteiger charge is 2.11. The minimum absolute atomic E-state index is 0.384. The molecule has 0 saturated carbocycles. The van der Waals surface area contributed by atoms with Crippen LogP contribution in [0.3, 0.4) is 0 Å². The first kappa shape index (κ1) is 9.51. The number of aliphatic carboxylic acids is 1. The van der Waals surface area contributed by atoms with Crippen LogP contribution in [0.1, 0.15) is 12.5 Å². The van der Waals surface area contributed by atoms with Gasteiger partial charge in [0.2, 0.25) is 0 Å². The van der Waals surface area contributed by atoms with Gasteiger partial charge >= 0.3 is 5.97 Å². The number of nitrogens with two attached hydrogens (primary N) is 1. The minimum atomic E-state index is -0.795. The van der Waals surface area contributed by atoms with Crippen molar-refractivity contribution in [2.45, 2.75) is 13.3 Å². The van der Waals surface area contributed by atoms with Crippen LogP contribution in [-0.2, 0) is 11.2 Å². The van der Waals surface area contributed by atoms with Gasteiger partial charge in [-0.15, -0.1) is 0 Å². The largest absolute Gasteiger partial charge is 0.481 e. The van der Waals surface area contributed by atoms with Crippen LogP contribution in [0.15, 0.2) is 18.3 Å². The maximum atomic E-state index is 10.5. The number of carboxylic acids is 1. The van der Waals surface area contributed by atoms with E-state index in [2.05, 4.69) is 4.98 Å². The van der Waals surface area contributed by atoms with Gasteiger partial charge in [0.15, 0.2) is 0 Å². The molecule has 0 aliphatic carbocycles. The van der Waals surface area contributed by atoms with Crippen molar-refractivity contribution < 1.29 is 9.90 Å². The molecule has 0 bridgehead atoms. The van der Waals surface area contributed by atoms with Crippen molar-refractivity contribution in [3.63, 3.8) is 0 Å². The number of carboxylic acid groups (broad SMARTS) is 1. The first-order valence-electron chi connectivity index (χ1n) is 4.03. The number of hydrogen-bond acceptors (Lipinski definition) is 3. The van der Waals surface area contributed by atoms with E-state index < -0.39 is 5.97 Å². The van der Waals surface area contributed by atoms with Crippen LogP contribution in [0, 0.1) is 5.92 Å². The Morgan fingerprint density at radius 1 is 1.69 bits per heavy atom. The minimum Gasteiger partial charge on any atom is -0.481 e. The lowest BCUT2D eigenvalue weighted by molar-refractivity contribution is -0.141. The van der Waals surface area contributed by atoms with E-state index in [1.165, 1.54) is 0 Å². The average Bonchev–Trinajstić information content (AvgIpc) is 2.08. The number of aromatic nitrogens is 1. The SMILES string of the molecule is CC(Cc1ccc(N)nc1)C(=O)O. The molecule has 3 N–H and O–H groups in total. The summed E-state index contributed by atoms with van der Waals surface area (Å²) in [5.74, 6) is -0.728. The molecule has 1 atom stereocenters. The Balaban J connectivity index is 2.64. The lowest BCUT2D eigenvalue weighted by Gasteiger charge is -2.05. The normalized spacial score (nSPS) is 12.4. The fraction of sp³-hybridized carbons (Fsp3) is 0.333. The van der Waals surface area contributed by atoms with Crippen LogP contribution in [0.2, 0.25) is 0 Å². The molecule has 1 unspecified atom stereocenters. The van der Waals surface area contributed by atoms with E-state index in [0.29, 0.717) is 12.2 Å². The lowest BCUT2D eigenvalue weighted by Crippen LogP contribution is -2.12. The van der Waals surface area contributed by atoms with Gasteiger partial charge in [-0.3, -0.25) is 4.79 Å². The molecular weight excluding hydrogens is 168 g/mol. The van der Waals surface area contributed by atoms with Gasteiger partial charge in [-0.25, -0.2) is 4.98 Å². The Morgan fingerprint density at radius 2 is 2.38 bits per heavy atom. The van der Waals surface area contributed by atoms with Crippen molar-refractivity contribution in [3.8, 4) is 0 Å². The first-order valence-corrected chi connectivity index (χ1v) is 4.03. The molecule has 13 heavy (non-hydrogen) atoms. The van der Waals surface area contributed by atoms with Gasteiger partial charge < -0.3 is 10.8 Å². The van der Waals surface area contributed by atoms with Crippen LogP contribution in [0.25, 0.3) is 0 Å². The van der Waals surface area contributed by atoms with Crippen molar-refractivity contribution in [2.24, 2.45) is 5.92 Å². The van der Waals surface area contributed by atoms with Gasteiger partial charge in [-0.1, -0.05) is 13.0 Å². The molecule has 4 heteroatoms. The molecule has 0 aromatic carbocycles. The molecule has 0 aliphatic rings. The van der Waals surface area contributed by atoms with Crippen LogP contribution in [0.5, 0.6) is 0 Å². The van der Waals surface area contributed by atoms with E-state index in [0.717, 1.165) is 5.56 Å². The summed E-state index contributed by atoms with van der Waals surface area (Å²) >= 11 is 0. The van der Waals surface area contributed by atoms with Crippen molar-refractivity contribution in [2.75, 3.05) is 5.73 Å². The zero-order chi connectivity index (χ0) is 9.84. The highest BCUT2D eigenvalue weighted by atomic mass is 16.4. The van der Waals surface area contributed by atoms with Gasteiger partial charge in [0.05, 0.1) is 5.92 Å². The van der Waals surface area contributed by atoms with E-state index in [9.17, 15) is 4.79 Å². The summed E-state index contributed by atoms with van der Waals surface area (Å²) in [5.41, 5.74) is 6.28. The zero-order valence-electron chi connectivity index (χ0n) is 7.40. The number of nitrogens with zero attached hydrogens (tertiary/aromatic N) is 1. The third-order valence-corrected chi connectivity index (χ3v) is 1.81. The summed E-state index contributed by atoms with van der Waals surface area (Å²) in [4.78, 5) is 14.4. The molecule has 1 rings (SSSR count). The Kier molecular flexibility index (Phi) is 2.84. The van der Waals surface area contributed by atoms with Crippen molar-refractivity contribution >= 4 is 11.8 Å². The average molecular weight is 180 g/mol. The van der Waals surface area contributed by atoms with Crippen molar-refractivity contribution in [1.82, 2.24) is 4.98 Å². The summed E-state index contributed by atoms with van der Waals surface area (Å²) in [6.07, 6.45) is 2.09. The third kappa shape index (κ3) is 2.74.